The number of nitrogen functional groups attached to an aromatic ring is 1. The summed E-state index contributed by atoms with van der Waals surface area (Å²) in [5, 5.41) is 0. The number of pyridine rings is 1. The van der Waals surface area contributed by atoms with Crippen LogP contribution >= 0.6 is 0 Å². The summed E-state index contributed by atoms with van der Waals surface area (Å²) in [7, 11) is 0.542. The molecule has 1 aromatic rings. The van der Waals surface area contributed by atoms with Crippen molar-refractivity contribution < 1.29 is 8.42 Å². The monoisotopic (exact) mass is 243 g/mol. The van der Waals surface area contributed by atoms with Crippen LogP contribution in [-0.4, -0.2) is 44.7 Å². The maximum Gasteiger partial charge on any atom is 0.180 e. The van der Waals surface area contributed by atoms with E-state index in [0.717, 1.165) is 6.54 Å². The van der Waals surface area contributed by atoms with Crippen LogP contribution in [0, 0.1) is 0 Å². The van der Waals surface area contributed by atoms with E-state index in [1.165, 1.54) is 18.5 Å². The van der Waals surface area contributed by atoms with Crippen molar-refractivity contribution in [1.29, 1.82) is 0 Å². The molecular formula is C10H17N3O2S. The number of nitrogens with two attached hydrogens (primary N) is 1. The van der Waals surface area contributed by atoms with Crippen molar-refractivity contribution in [3.05, 3.63) is 18.5 Å². The zero-order valence-electron chi connectivity index (χ0n) is 9.55. The van der Waals surface area contributed by atoms with Crippen LogP contribution in [0.2, 0.25) is 0 Å². The lowest BCUT2D eigenvalue weighted by Crippen LogP contribution is -2.18. The van der Waals surface area contributed by atoms with Gasteiger partial charge in [-0.15, -0.1) is 0 Å². The lowest BCUT2D eigenvalue weighted by atomic mass is 10.4. The molecule has 0 radical (unpaired) electrons. The van der Waals surface area contributed by atoms with E-state index in [0.29, 0.717) is 6.42 Å². The van der Waals surface area contributed by atoms with Crippen molar-refractivity contribution in [3.63, 3.8) is 0 Å². The number of rotatable bonds is 5. The van der Waals surface area contributed by atoms with Gasteiger partial charge in [0.05, 0.1) is 22.5 Å². The van der Waals surface area contributed by atoms with Crippen LogP contribution in [-0.2, 0) is 9.84 Å². The summed E-state index contributed by atoms with van der Waals surface area (Å²) in [6.07, 6.45) is 3.39. The number of hydrogen-bond donors (Lipinski definition) is 1. The second kappa shape index (κ2) is 5.27. The molecule has 0 fully saturated rings. The average Bonchev–Trinajstić information content (AvgIpc) is 2.17. The Balaban J connectivity index is 2.75. The molecule has 0 bridgehead atoms. The summed E-state index contributed by atoms with van der Waals surface area (Å²) in [5.41, 5.74) is 5.80. The van der Waals surface area contributed by atoms with Crippen LogP contribution in [0.4, 0.5) is 5.69 Å². The Hall–Kier alpha value is -1.14. The number of sulfone groups is 1. The van der Waals surface area contributed by atoms with Gasteiger partial charge in [-0.25, -0.2) is 8.42 Å². The molecule has 0 atom stereocenters. The van der Waals surface area contributed by atoms with Crippen LogP contribution < -0.4 is 5.73 Å². The molecule has 0 spiro atoms. The fourth-order valence-electron chi connectivity index (χ4n) is 1.36. The van der Waals surface area contributed by atoms with Gasteiger partial charge in [0.15, 0.2) is 9.84 Å². The van der Waals surface area contributed by atoms with Gasteiger partial charge in [0.1, 0.15) is 0 Å². The molecule has 0 aliphatic rings. The molecule has 1 aromatic heterocycles. The SMILES string of the molecule is CN(C)CCCS(=O)(=O)c1ccncc1N. The molecule has 16 heavy (non-hydrogen) atoms. The van der Waals surface area contributed by atoms with Crippen LogP contribution in [0.3, 0.4) is 0 Å². The topological polar surface area (TPSA) is 76.3 Å². The summed E-state index contributed by atoms with van der Waals surface area (Å²) < 4.78 is 23.8. The summed E-state index contributed by atoms with van der Waals surface area (Å²) in [5.74, 6) is 0.111. The van der Waals surface area contributed by atoms with Crippen molar-refractivity contribution in [3.8, 4) is 0 Å². The molecule has 0 aliphatic heterocycles. The number of hydrogen-bond acceptors (Lipinski definition) is 5. The molecule has 2 N–H and O–H groups in total. The fourth-order valence-corrected chi connectivity index (χ4v) is 2.77. The van der Waals surface area contributed by atoms with E-state index in [-0.39, 0.29) is 16.3 Å². The molecule has 90 valence electrons. The van der Waals surface area contributed by atoms with E-state index in [2.05, 4.69) is 4.98 Å². The van der Waals surface area contributed by atoms with Crippen molar-refractivity contribution >= 4 is 15.5 Å². The minimum atomic E-state index is -3.28. The molecule has 0 aromatic carbocycles. The van der Waals surface area contributed by atoms with Crippen LogP contribution in [0.5, 0.6) is 0 Å². The van der Waals surface area contributed by atoms with Crippen molar-refractivity contribution in [2.45, 2.75) is 11.3 Å². The first-order chi connectivity index (χ1) is 7.43. The highest BCUT2D eigenvalue weighted by atomic mass is 32.2. The highest BCUT2D eigenvalue weighted by molar-refractivity contribution is 7.91. The Morgan fingerprint density at radius 3 is 2.69 bits per heavy atom. The summed E-state index contributed by atoms with van der Waals surface area (Å²) >= 11 is 0. The third kappa shape index (κ3) is 3.46. The Kier molecular flexibility index (Phi) is 4.26. The smallest absolute Gasteiger partial charge is 0.180 e. The van der Waals surface area contributed by atoms with Gasteiger partial charge < -0.3 is 10.6 Å². The summed E-state index contributed by atoms with van der Waals surface area (Å²) in [6.45, 7) is 0.740. The summed E-state index contributed by atoms with van der Waals surface area (Å²) in [4.78, 5) is 5.90. The average molecular weight is 243 g/mol. The van der Waals surface area contributed by atoms with Crippen molar-refractivity contribution in [2.75, 3.05) is 32.1 Å². The van der Waals surface area contributed by atoms with E-state index in [9.17, 15) is 8.42 Å². The molecule has 6 heteroatoms. The lowest BCUT2D eigenvalue weighted by molar-refractivity contribution is 0.408. The molecule has 0 amide bonds. The second-order valence-electron chi connectivity index (χ2n) is 3.89. The number of nitrogens with zero attached hydrogens (tertiary/aromatic N) is 2. The van der Waals surface area contributed by atoms with E-state index < -0.39 is 9.84 Å². The highest BCUT2D eigenvalue weighted by Crippen LogP contribution is 2.18. The van der Waals surface area contributed by atoms with Crippen LogP contribution in [0.25, 0.3) is 0 Å². The van der Waals surface area contributed by atoms with Crippen molar-refractivity contribution in [1.82, 2.24) is 9.88 Å². The lowest BCUT2D eigenvalue weighted by Gasteiger charge is -2.10. The Morgan fingerprint density at radius 2 is 2.12 bits per heavy atom. The second-order valence-corrected chi connectivity index (χ2v) is 5.97. The van der Waals surface area contributed by atoms with Gasteiger partial charge >= 0.3 is 0 Å². The van der Waals surface area contributed by atoms with Gasteiger partial charge in [-0.05, 0) is 33.1 Å². The Labute approximate surface area is 96.2 Å². The van der Waals surface area contributed by atoms with Gasteiger partial charge in [0.2, 0.25) is 0 Å². The number of anilines is 1. The first-order valence-electron chi connectivity index (χ1n) is 5.00. The maximum absolute atomic E-state index is 11.9. The quantitative estimate of drug-likeness (QED) is 0.809. The summed E-state index contributed by atoms with van der Waals surface area (Å²) in [6, 6.07) is 1.44. The first-order valence-corrected chi connectivity index (χ1v) is 6.65. The molecule has 1 rings (SSSR count). The standard InChI is InChI=1S/C10H17N3O2S/c1-13(2)6-3-7-16(14,15)10-4-5-12-8-9(10)11/h4-5,8H,3,6-7,11H2,1-2H3. The molecule has 0 saturated carbocycles. The predicted molar refractivity (Wildman–Crippen MR) is 63.9 cm³/mol. The maximum atomic E-state index is 11.9. The normalized spacial score (nSPS) is 11.9. The Morgan fingerprint density at radius 1 is 1.44 bits per heavy atom. The van der Waals surface area contributed by atoms with Crippen LogP contribution in [0.15, 0.2) is 23.4 Å². The first kappa shape index (κ1) is 12.9. The van der Waals surface area contributed by atoms with E-state index in [1.54, 1.807) is 0 Å². The largest absolute Gasteiger partial charge is 0.396 e. The highest BCUT2D eigenvalue weighted by Gasteiger charge is 2.16. The number of aromatic nitrogens is 1. The molecule has 0 unspecified atom stereocenters. The van der Waals surface area contributed by atoms with Gasteiger partial charge in [-0.2, -0.15) is 0 Å². The third-order valence-corrected chi connectivity index (χ3v) is 4.03. The van der Waals surface area contributed by atoms with Gasteiger partial charge in [0.25, 0.3) is 0 Å². The van der Waals surface area contributed by atoms with Gasteiger partial charge in [-0.3, -0.25) is 4.98 Å². The molecular weight excluding hydrogens is 226 g/mol. The van der Waals surface area contributed by atoms with Gasteiger partial charge in [-0.1, -0.05) is 0 Å². The molecule has 5 nitrogen and oxygen atoms in total. The van der Waals surface area contributed by atoms with Crippen LogP contribution in [0.1, 0.15) is 6.42 Å². The zero-order chi connectivity index (χ0) is 12.2. The molecule has 0 aliphatic carbocycles. The van der Waals surface area contributed by atoms with E-state index in [4.69, 9.17) is 5.73 Å². The van der Waals surface area contributed by atoms with Crippen molar-refractivity contribution in [2.24, 2.45) is 0 Å². The minimum absolute atomic E-state index is 0.111. The minimum Gasteiger partial charge on any atom is -0.396 e. The van der Waals surface area contributed by atoms with E-state index >= 15 is 0 Å². The van der Waals surface area contributed by atoms with E-state index in [1.807, 2.05) is 19.0 Å². The third-order valence-electron chi connectivity index (χ3n) is 2.16. The fraction of sp³-hybridized carbons (Fsp3) is 0.500. The predicted octanol–water partition coefficient (Wildman–Crippen LogP) is 0.389. The van der Waals surface area contributed by atoms with Gasteiger partial charge in [0, 0.05) is 6.20 Å². The zero-order valence-corrected chi connectivity index (χ0v) is 10.4. The Bertz CT molecular complexity index is 443. The molecule has 1 heterocycles. The molecule has 0 saturated heterocycles.